The number of ether oxygens (including phenoxy) is 1. The topological polar surface area (TPSA) is 72.5 Å². The normalized spacial score (nSPS) is 19.0. The summed E-state index contributed by atoms with van der Waals surface area (Å²) in [6.45, 7) is 5.69. The number of halogens is 2. The fourth-order valence-electron chi connectivity index (χ4n) is 2.69. The first-order valence-electron chi connectivity index (χ1n) is 8.53. The van der Waals surface area contributed by atoms with Crippen LogP contribution in [0.2, 0.25) is 0 Å². The standard InChI is InChI=1S/C19H19FIN3O3S/c1-3-26-8-9-27-24-19(25)12-4-7-16-13(10-22-28-16)18(12)23-15-6-5-14(21)11(2)17(15)20/h3-7,10-11,17,23H,1,8-9H2,2H3,(H,24,25). The van der Waals surface area contributed by atoms with E-state index in [1.807, 2.05) is 19.1 Å². The van der Waals surface area contributed by atoms with Gasteiger partial charge in [0, 0.05) is 11.3 Å². The van der Waals surface area contributed by atoms with E-state index in [0.717, 1.165) is 13.7 Å². The molecule has 1 aliphatic carbocycles. The summed E-state index contributed by atoms with van der Waals surface area (Å²) in [5.41, 5.74) is 3.62. The maximum atomic E-state index is 14.8. The molecule has 1 aliphatic rings. The van der Waals surface area contributed by atoms with Crippen LogP contribution < -0.4 is 10.8 Å². The number of nitrogens with zero attached hydrogens (tertiary/aromatic N) is 1. The lowest BCUT2D eigenvalue weighted by Crippen LogP contribution is -2.27. The van der Waals surface area contributed by atoms with Crippen molar-refractivity contribution in [2.45, 2.75) is 13.1 Å². The molecule has 0 saturated carbocycles. The molecule has 2 atom stereocenters. The minimum atomic E-state index is -1.19. The summed E-state index contributed by atoms with van der Waals surface area (Å²) in [6.07, 6.45) is 5.35. The number of hydroxylamine groups is 1. The van der Waals surface area contributed by atoms with Crippen molar-refractivity contribution in [1.82, 2.24) is 9.85 Å². The molecule has 0 radical (unpaired) electrons. The highest BCUT2D eigenvalue weighted by Crippen LogP contribution is 2.36. The summed E-state index contributed by atoms with van der Waals surface area (Å²) in [7, 11) is 0. The zero-order valence-corrected chi connectivity index (χ0v) is 18.1. The molecule has 9 heteroatoms. The zero-order valence-electron chi connectivity index (χ0n) is 15.1. The van der Waals surface area contributed by atoms with Crippen molar-refractivity contribution in [1.29, 1.82) is 0 Å². The Morgan fingerprint density at radius 3 is 3.04 bits per heavy atom. The van der Waals surface area contributed by atoms with Gasteiger partial charge in [0.25, 0.3) is 5.91 Å². The quantitative estimate of drug-likeness (QED) is 0.231. The molecular weight excluding hydrogens is 496 g/mol. The highest BCUT2D eigenvalue weighted by atomic mass is 127. The van der Waals surface area contributed by atoms with Gasteiger partial charge >= 0.3 is 0 Å². The number of carbonyl (C=O) groups is 1. The fraction of sp³-hybridized carbons (Fsp3) is 0.263. The molecule has 2 aromatic rings. The summed E-state index contributed by atoms with van der Waals surface area (Å²) in [4.78, 5) is 17.8. The van der Waals surface area contributed by atoms with E-state index in [0.29, 0.717) is 16.9 Å². The summed E-state index contributed by atoms with van der Waals surface area (Å²) in [6, 6.07) is 3.48. The monoisotopic (exact) mass is 515 g/mol. The molecule has 3 rings (SSSR count). The Morgan fingerprint density at radius 2 is 2.25 bits per heavy atom. The second kappa shape index (κ2) is 9.48. The number of aromatic nitrogens is 1. The summed E-state index contributed by atoms with van der Waals surface area (Å²) >= 11 is 3.44. The Kier molecular flexibility index (Phi) is 7.03. The van der Waals surface area contributed by atoms with E-state index in [4.69, 9.17) is 9.57 Å². The number of anilines is 1. The average Bonchev–Trinajstić information content (AvgIpc) is 3.17. The van der Waals surface area contributed by atoms with Gasteiger partial charge < -0.3 is 10.1 Å². The van der Waals surface area contributed by atoms with Crippen LogP contribution >= 0.6 is 34.1 Å². The number of benzene rings is 1. The van der Waals surface area contributed by atoms with Crippen molar-refractivity contribution in [2.75, 3.05) is 18.5 Å². The summed E-state index contributed by atoms with van der Waals surface area (Å²) in [5.74, 6) is -0.697. The van der Waals surface area contributed by atoms with E-state index >= 15 is 0 Å². The number of hydrogen-bond donors (Lipinski definition) is 2. The van der Waals surface area contributed by atoms with Gasteiger partial charge in [-0.15, -0.1) is 0 Å². The van der Waals surface area contributed by atoms with Crippen LogP contribution in [0.25, 0.3) is 10.1 Å². The van der Waals surface area contributed by atoms with Gasteiger partial charge in [-0.1, -0.05) is 19.6 Å². The van der Waals surface area contributed by atoms with E-state index in [9.17, 15) is 9.18 Å². The Labute approximate surface area is 179 Å². The van der Waals surface area contributed by atoms with Gasteiger partial charge in [0.05, 0.1) is 34.1 Å². The van der Waals surface area contributed by atoms with Crippen LogP contribution in [-0.4, -0.2) is 29.7 Å². The van der Waals surface area contributed by atoms with E-state index in [1.54, 1.807) is 18.3 Å². The molecular formula is C19H19FIN3O3S. The van der Waals surface area contributed by atoms with E-state index in [-0.39, 0.29) is 19.1 Å². The van der Waals surface area contributed by atoms with Gasteiger partial charge in [0.1, 0.15) is 19.4 Å². The Bertz CT molecular complexity index is 944. The molecule has 148 valence electrons. The van der Waals surface area contributed by atoms with Crippen LogP contribution in [-0.2, 0) is 9.57 Å². The molecule has 0 fully saturated rings. The first kappa shape index (κ1) is 20.7. The van der Waals surface area contributed by atoms with E-state index in [1.165, 1.54) is 17.8 Å². The van der Waals surface area contributed by atoms with Crippen molar-refractivity contribution in [3.63, 3.8) is 0 Å². The zero-order chi connectivity index (χ0) is 20.1. The molecule has 1 heterocycles. The van der Waals surface area contributed by atoms with Crippen LogP contribution in [0.4, 0.5) is 10.1 Å². The highest BCUT2D eigenvalue weighted by Gasteiger charge is 2.27. The number of rotatable bonds is 8. The number of allylic oxidation sites excluding steroid dienone is 4. The maximum absolute atomic E-state index is 14.8. The summed E-state index contributed by atoms with van der Waals surface area (Å²) in [5, 5.41) is 3.87. The predicted octanol–water partition coefficient (Wildman–Crippen LogP) is 4.72. The second-order valence-corrected chi connectivity index (χ2v) is 8.11. The average molecular weight is 515 g/mol. The number of hydrogen-bond acceptors (Lipinski definition) is 6. The second-order valence-electron chi connectivity index (χ2n) is 6.03. The van der Waals surface area contributed by atoms with Crippen LogP contribution in [0.3, 0.4) is 0 Å². The molecule has 1 amide bonds. The van der Waals surface area contributed by atoms with Crippen LogP contribution in [0.1, 0.15) is 17.3 Å². The van der Waals surface area contributed by atoms with Crippen molar-refractivity contribution in [2.24, 2.45) is 5.92 Å². The summed E-state index contributed by atoms with van der Waals surface area (Å²) < 4.78 is 25.8. The van der Waals surface area contributed by atoms with Gasteiger partial charge in [0.2, 0.25) is 0 Å². The maximum Gasteiger partial charge on any atom is 0.276 e. The lowest BCUT2D eigenvalue weighted by Gasteiger charge is -2.25. The van der Waals surface area contributed by atoms with Crippen LogP contribution in [0, 0.1) is 5.92 Å². The Morgan fingerprint density at radius 1 is 1.43 bits per heavy atom. The van der Waals surface area contributed by atoms with Crippen LogP contribution in [0.5, 0.6) is 0 Å². The van der Waals surface area contributed by atoms with Crippen molar-refractivity contribution in [3.8, 4) is 0 Å². The van der Waals surface area contributed by atoms with Crippen LogP contribution in [0.15, 0.2) is 52.6 Å². The molecule has 2 N–H and O–H groups in total. The molecule has 2 unspecified atom stereocenters. The Hall–Kier alpha value is -1.98. The fourth-order valence-corrected chi connectivity index (χ4v) is 3.84. The van der Waals surface area contributed by atoms with E-state index in [2.05, 4.69) is 44.3 Å². The molecule has 1 aromatic carbocycles. The third-order valence-electron chi connectivity index (χ3n) is 4.23. The smallest absolute Gasteiger partial charge is 0.276 e. The van der Waals surface area contributed by atoms with Gasteiger partial charge in [-0.2, -0.15) is 4.37 Å². The van der Waals surface area contributed by atoms with Gasteiger partial charge in [0.15, 0.2) is 0 Å². The molecule has 1 aromatic heterocycles. The predicted molar refractivity (Wildman–Crippen MR) is 117 cm³/mol. The number of fused-ring (bicyclic) bond motifs is 1. The van der Waals surface area contributed by atoms with Crippen molar-refractivity contribution in [3.05, 3.63) is 58.2 Å². The molecule has 28 heavy (non-hydrogen) atoms. The third-order valence-corrected chi connectivity index (χ3v) is 6.34. The van der Waals surface area contributed by atoms with Crippen molar-refractivity contribution < 1.29 is 18.8 Å². The van der Waals surface area contributed by atoms with E-state index < -0.39 is 12.1 Å². The minimum absolute atomic E-state index is 0.168. The number of nitrogens with one attached hydrogen (secondary N) is 2. The SMILES string of the molecule is C=COCCONC(=O)c1ccc2sncc2c1NC1=CC=C(I)C(C)C1F. The molecule has 0 aliphatic heterocycles. The van der Waals surface area contributed by atoms with Gasteiger partial charge in [-0.3, -0.25) is 9.63 Å². The molecule has 0 spiro atoms. The Balaban J connectivity index is 1.86. The number of amides is 1. The number of carbonyl (C=O) groups excluding carboxylic acids is 1. The van der Waals surface area contributed by atoms with Gasteiger partial charge in [-0.25, -0.2) is 9.87 Å². The largest absolute Gasteiger partial charge is 0.499 e. The molecule has 6 nitrogen and oxygen atoms in total. The first-order chi connectivity index (χ1) is 13.5. The minimum Gasteiger partial charge on any atom is -0.499 e. The van der Waals surface area contributed by atoms with Gasteiger partial charge in [-0.05, 0) is 55.9 Å². The van der Waals surface area contributed by atoms with Crippen molar-refractivity contribution >= 4 is 55.8 Å². The lowest BCUT2D eigenvalue weighted by atomic mass is 9.97. The third kappa shape index (κ3) is 4.53. The highest BCUT2D eigenvalue weighted by molar-refractivity contribution is 14.1. The number of alkyl halides is 1. The molecule has 0 saturated heterocycles. The first-order valence-corrected chi connectivity index (χ1v) is 10.4. The molecule has 0 bridgehead atoms. The lowest BCUT2D eigenvalue weighted by molar-refractivity contribution is 0.0145.